The van der Waals surface area contributed by atoms with Gasteiger partial charge in [-0.3, -0.25) is 4.99 Å². The van der Waals surface area contributed by atoms with Crippen molar-refractivity contribution >= 4 is 11.9 Å². The van der Waals surface area contributed by atoms with Crippen molar-refractivity contribution < 1.29 is 0 Å². The largest absolute Gasteiger partial charge is 0.357 e. The van der Waals surface area contributed by atoms with Crippen molar-refractivity contribution in [3.8, 4) is 0 Å². The Kier molecular flexibility index (Phi) is 8.09. The van der Waals surface area contributed by atoms with Gasteiger partial charge in [0.15, 0.2) is 5.96 Å². The number of piperazine rings is 1. The molecule has 3 rings (SSSR count). The fourth-order valence-electron chi connectivity index (χ4n) is 3.45. The molecule has 1 fully saturated rings. The summed E-state index contributed by atoms with van der Waals surface area (Å²) in [5, 5.41) is 3.45. The Morgan fingerprint density at radius 1 is 0.964 bits per heavy atom. The molecule has 1 aromatic carbocycles. The average molecular weight is 381 g/mol. The molecular weight excluding hydrogens is 348 g/mol. The fourth-order valence-corrected chi connectivity index (χ4v) is 3.45. The maximum Gasteiger partial charge on any atom is 0.225 e. The van der Waals surface area contributed by atoms with Gasteiger partial charge in [-0.1, -0.05) is 36.8 Å². The first-order valence-electron chi connectivity index (χ1n) is 10.5. The lowest BCUT2D eigenvalue weighted by atomic mass is 10.1. The van der Waals surface area contributed by atoms with Crippen molar-refractivity contribution in [2.24, 2.45) is 4.99 Å². The molecule has 1 aromatic heterocycles. The van der Waals surface area contributed by atoms with Gasteiger partial charge in [0.25, 0.3) is 0 Å². The quantitative estimate of drug-likeness (QED) is 0.433. The summed E-state index contributed by atoms with van der Waals surface area (Å²) in [4.78, 5) is 18.2. The summed E-state index contributed by atoms with van der Waals surface area (Å²) in [5.41, 5.74) is 1.43. The van der Waals surface area contributed by atoms with Crippen LogP contribution in [0.15, 0.2) is 53.8 Å². The van der Waals surface area contributed by atoms with Crippen LogP contribution in [-0.2, 0) is 6.42 Å². The summed E-state index contributed by atoms with van der Waals surface area (Å²) >= 11 is 0. The molecule has 6 heteroatoms. The summed E-state index contributed by atoms with van der Waals surface area (Å²) in [6.07, 6.45) is 8.35. The number of benzene rings is 1. The number of aryl methyl sites for hydroxylation is 1. The zero-order valence-electron chi connectivity index (χ0n) is 16.9. The summed E-state index contributed by atoms with van der Waals surface area (Å²) in [7, 11) is 0. The molecule has 1 aliphatic heterocycles. The number of unbranched alkanes of at least 4 members (excludes halogenated alkanes) is 2. The van der Waals surface area contributed by atoms with Gasteiger partial charge in [0.05, 0.1) is 0 Å². The topological polar surface area (TPSA) is 56.7 Å². The van der Waals surface area contributed by atoms with Gasteiger partial charge in [0.1, 0.15) is 0 Å². The second kappa shape index (κ2) is 11.3. The SMILES string of the molecule is CCNC(=NCCCCCc1ccccc1)N1CCN(c2ncccn2)CC1. The first-order valence-corrected chi connectivity index (χ1v) is 10.5. The van der Waals surface area contributed by atoms with E-state index in [0.29, 0.717) is 0 Å². The van der Waals surface area contributed by atoms with Crippen molar-refractivity contribution in [3.63, 3.8) is 0 Å². The van der Waals surface area contributed by atoms with Gasteiger partial charge in [-0.05, 0) is 37.8 Å². The maximum atomic E-state index is 4.86. The number of aromatic nitrogens is 2. The third-order valence-corrected chi connectivity index (χ3v) is 4.98. The van der Waals surface area contributed by atoms with Crippen molar-refractivity contribution in [2.75, 3.05) is 44.2 Å². The van der Waals surface area contributed by atoms with Gasteiger partial charge in [0, 0.05) is 51.7 Å². The predicted octanol–water partition coefficient (Wildman–Crippen LogP) is 2.98. The van der Waals surface area contributed by atoms with Crippen LogP contribution in [0.2, 0.25) is 0 Å². The summed E-state index contributed by atoms with van der Waals surface area (Å²) in [6.45, 7) is 7.64. The first kappa shape index (κ1) is 20.1. The Morgan fingerprint density at radius 2 is 1.71 bits per heavy atom. The van der Waals surface area contributed by atoms with E-state index in [9.17, 15) is 0 Å². The number of hydrogen-bond donors (Lipinski definition) is 1. The van der Waals surface area contributed by atoms with Crippen LogP contribution in [0.1, 0.15) is 31.7 Å². The molecule has 1 aliphatic rings. The van der Waals surface area contributed by atoms with Crippen molar-refractivity contribution in [1.82, 2.24) is 20.2 Å². The molecule has 0 unspecified atom stereocenters. The molecule has 0 aliphatic carbocycles. The lowest BCUT2D eigenvalue weighted by Gasteiger charge is -2.36. The lowest BCUT2D eigenvalue weighted by molar-refractivity contribution is 0.370. The van der Waals surface area contributed by atoms with Gasteiger partial charge in [-0.2, -0.15) is 0 Å². The van der Waals surface area contributed by atoms with E-state index < -0.39 is 0 Å². The van der Waals surface area contributed by atoms with Crippen LogP contribution in [0.25, 0.3) is 0 Å². The Bertz CT molecular complexity index is 695. The molecule has 0 atom stereocenters. The third-order valence-electron chi connectivity index (χ3n) is 4.98. The zero-order valence-corrected chi connectivity index (χ0v) is 16.9. The zero-order chi connectivity index (χ0) is 19.4. The number of nitrogens with zero attached hydrogens (tertiary/aromatic N) is 5. The minimum absolute atomic E-state index is 0.822. The Hall–Kier alpha value is -2.63. The average Bonchev–Trinajstić information content (AvgIpc) is 2.77. The molecule has 28 heavy (non-hydrogen) atoms. The minimum Gasteiger partial charge on any atom is -0.357 e. The Balaban J connectivity index is 1.40. The fraction of sp³-hybridized carbons (Fsp3) is 0.500. The second-order valence-corrected chi connectivity index (χ2v) is 7.05. The molecule has 2 aromatic rings. The highest BCUT2D eigenvalue weighted by atomic mass is 15.4. The lowest BCUT2D eigenvalue weighted by Crippen LogP contribution is -2.53. The van der Waals surface area contributed by atoms with Crippen LogP contribution in [0, 0.1) is 0 Å². The second-order valence-electron chi connectivity index (χ2n) is 7.05. The minimum atomic E-state index is 0.822. The molecular formula is C22H32N6. The third kappa shape index (κ3) is 6.22. The number of nitrogens with one attached hydrogen (secondary N) is 1. The molecule has 1 N–H and O–H groups in total. The summed E-state index contributed by atoms with van der Waals surface area (Å²) in [5.74, 6) is 1.86. The Labute approximate surface area is 168 Å². The van der Waals surface area contributed by atoms with Crippen molar-refractivity contribution in [1.29, 1.82) is 0 Å². The van der Waals surface area contributed by atoms with Gasteiger partial charge < -0.3 is 15.1 Å². The molecule has 1 saturated heterocycles. The van der Waals surface area contributed by atoms with E-state index in [-0.39, 0.29) is 0 Å². The molecule has 150 valence electrons. The first-order chi connectivity index (χ1) is 13.9. The number of rotatable bonds is 8. The monoisotopic (exact) mass is 380 g/mol. The van der Waals surface area contributed by atoms with E-state index >= 15 is 0 Å². The molecule has 0 amide bonds. The molecule has 6 nitrogen and oxygen atoms in total. The van der Waals surface area contributed by atoms with Crippen LogP contribution >= 0.6 is 0 Å². The number of anilines is 1. The number of guanidine groups is 1. The molecule has 2 heterocycles. The maximum absolute atomic E-state index is 4.86. The standard InChI is InChI=1S/C22H32N6/c1-2-23-21(24-13-8-4-7-12-20-10-5-3-6-11-20)27-16-18-28(19-17-27)22-25-14-9-15-26-22/h3,5-6,9-11,14-15H,2,4,7-8,12-13,16-19H2,1H3,(H,23,24). The van der Waals surface area contributed by atoms with Gasteiger partial charge >= 0.3 is 0 Å². The Morgan fingerprint density at radius 3 is 2.43 bits per heavy atom. The van der Waals surface area contributed by atoms with Crippen LogP contribution < -0.4 is 10.2 Å². The van der Waals surface area contributed by atoms with Crippen molar-refractivity contribution in [2.45, 2.75) is 32.6 Å². The van der Waals surface area contributed by atoms with Crippen LogP contribution in [0.3, 0.4) is 0 Å². The normalized spacial score (nSPS) is 15.0. The van der Waals surface area contributed by atoms with E-state index in [1.165, 1.54) is 18.4 Å². The highest BCUT2D eigenvalue weighted by Gasteiger charge is 2.20. The van der Waals surface area contributed by atoms with Gasteiger partial charge in [-0.25, -0.2) is 9.97 Å². The highest BCUT2D eigenvalue weighted by molar-refractivity contribution is 5.80. The number of hydrogen-bond acceptors (Lipinski definition) is 4. The molecule has 0 bridgehead atoms. The summed E-state index contributed by atoms with van der Waals surface area (Å²) < 4.78 is 0. The van der Waals surface area contributed by atoms with E-state index in [0.717, 1.165) is 64.0 Å². The molecule has 0 spiro atoms. The van der Waals surface area contributed by atoms with E-state index in [4.69, 9.17) is 4.99 Å². The van der Waals surface area contributed by atoms with E-state index in [1.54, 1.807) is 12.4 Å². The highest BCUT2D eigenvalue weighted by Crippen LogP contribution is 2.10. The van der Waals surface area contributed by atoms with Gasteiger partial charge in [0.2, 0.25) is 5.95 Å². The van der Waals surface area contributed by atoms with E-state index in [1.807, 2.05) is 6.07 Å². The predicted molar refractivity (Wildman–Crippen MR) is 116 cm³/mol. The number of aliphatic imine (C=N–C) groups is 1. The van der Waals surface area contributed by atoms with Crippen LogP contribution in [0.5, 0.6) is 0 Å². The van der Waals surface area contributed by atoms with Crippen LogP contribution in [0.4, 0.5) is 5.95 Å². The molecule has 0 saturated carbocycles. The van der Waals surface area contributed by atoms with E-state index in [2.05, 4.69) is 62.3 Å². The van der Waals surface area contributed by atoms with Crippen LogP contribution in [-0.4, -0.2) is 60.1 Å². The summed E-state index contributed by atoms with van der Waals surface area (Å²) in [6, 6.07) is 12.6. The van der Waals surface area contributed by atoms with Crippen molar-refractivity contribution in [3.05, 3.63) is 54.4 Å². The molecule has 0 radical (unpaired) electrons. The smallest absolute Gasteiger partial charge is 0.225 e. The van der Waals surface area contributed by atoms with Gasteiger partial charge in [-0.15, -0.1) is 0 Å².